The normalized spacial score (nSPS) is 19.7. The Hall–Kier alpha value is -0.430. The van der Waals surface area contributed by atoms with Crippen LogP contribution in [-0.4, -0.2) is 4.75 Å². The zero-order valence-corrected chi connectivity index (χ0v) is 7.35. The molecular formula is C10H12S. The van der Waals surface area contributed by atoms with E-state index in [-0.39, 0.29) is 0 Å². The van der Waals surface area contributed by atoms with Crippen LogP contribution in [0.25, 0.3) is 0 Å². The molecule has 0 saturated heterocycles. The van der Waals surface area contributed by atoms with Gasteiger partial charge in [0.15, 0.2) is 0 Å². The van der Waals surface area contributed by atoms with E-state index in [9.17, 15) is 0 Å². The van der Waals surface area contributed by atoms with Gasteiger partial charge in [0, 0.05) is 4.75 Å². The van der Waals surface area contributed by atoms with Gasteiger partial charge in [0.1, 0.15) is 0 Å². The molecule has 0 bridgehead atoms. The van der Waals surface area contributed by atoms with E-state index in [1.807, 2.05) is 0 Å². The number of thiol groups is 1. The van der Waals surface area contributed by atoms with Crippen molar-refractivity contribution in [2.45, 2.75) is 24.0 Å². The zero-order valence-electron chi connectivity index (χ0n) is 6.46. The first kappa shape index (κ1) is 7.23. The Kier molecular flexibility index (Phi) is 1.68. The van der Waals surface area contributed by atoms with Crippen molar-refractivity contribution >= 4 is 12.6 Å². The number of hydrogen-bond donors (Lipinski definition) is 1. The van der Waals surface area contributed by atoms with Crippen LogP contribution in [0, 0.1) is 0 Å². The Morgan fingerprint density at radius 2 is 1.82 bits per heavy atom. The van der Waals surface area contributed by atoms with E-state index < -0.39 is 0 Å². The molecule has 1 saturated carbocycles. The first-order valence-corrected chi connectivity index (χ1v) is 4.50. The van der Waals surface area contributed by atoms with Gasteiger partial charge in [-0.1, -0.05) is 30.3 Å². The van der Waals surface area contributed by atoms with E-state index in [1.54, 1.807) is 0 Å². The quantitative estimate of drug-likeness (QED) is 0.638. The average molecular weight is 164 g/mol. The van der Waals surface area contributed by atoms with Crippen molar-refractivity contribution in [3.8, 4) is 0 Å². The van der Waals surface area contributed by atoms with Gasteiger partial charge >= 0.3 is 0 Å². The molecule has 1 fully saturated rings. The van der Waals surface area contributed by atoms with Gasteiger partial charge in [0.05, 0.1) is 0 Å². The highest BCUT2D eigenvalue weighted by Crippen LogP contribution is 2.44. The maximum Gasteiger partial charge on any atom is 0.0171 e. The monoisotopic (exact) mass is 164 g/mol. The van der Waals surface area contributed by atoms with E-state index in [2.05, 4.69) is 43.0 Å². The molecule has 1 aromatic carbocycles. The van der Waals surface area contributed by atoms with Crippen LogP contribution >= 0.6 is 12.6 Å². The van der Waals surface area contributed by atoms with Crippen molar-refractivity contribution in [2.75, 3.05) is 0 Å². The third-order valence-corrected chi connectivity index (χ3v) is 2.81. The van der Waals surface area contributed by atoms with Gasteiger partial charge in [0.25, 0.3) is 0 Å². The van der Waals surface area contributed by atoms with Crippen LogP contribution in [0.1, 0.15) is 18.4 Å². The molecule has 0 radical (unpaired) electrons. The Labute approximate surface area is 73.0 Å². The average Bonchev–Trinajstić information content (AvgIpc) is 2.70. The molecule has 0 aromatic heterocycles. The van der Waals surface area contributed by atoms with Gasteiger partial charge < -0.3 is 0 Å². The fourth-order valence-corrected chi connectivity index (χ4v) is 1.59. The molecule has 0 spiro atoms. The van der Waals surface area contributed by atoms with Gasteiger partial charge in [-0.05, 0) is 24.8 Å². The van der Waals surface area contributed by atoms with Crippen LogP contribution in [0.4, 0.5) is 0 Å². The molecular weight excluding hydrogens is 152 g/mol. The lowest BCUT2D eigenvalue weighted by atomic mass is 10.1. The lowest BCUT2D eigenvalue weighted by Gasteiger charge is -2.05. The number of rotatable bonds is 2. The van der Waals surface area contributed by atoms with Crippen LogP contribution in [0.5, 0.6) is 0 Å². The van der Waals surface area contributed by atoms with Gasteiger partial charge in [0.2, 0.25) is 0 Å². The minimum Gasteiger partial charge on any atom is -0.172 e. The van der Waals surface area contributed by atoms with E-state index in [4.69, 9.17) is 0 Å². The highest BCUT2D eigenvalue weighted by atomic mass is 32.1. The van der Waals surface area contributed by atoms with Crippen LogP contribution < -0.4 is 0 Å². The Bertz CT molecular complexity index is 236. The third kappa shape index (κ3) is 1.78. The Morgan fingerprint density at radius 3 is 2.36 bits per heavy atom. The van der Waals surface area contributed by atoms with Crippen molar-refractivity contribution in [3.05, 3.63) is 35.9 Å². The topological polar surface area (TPSA) is 0 Å². The van der Waals surface area contributed by atoms with Crippen molar-refractivity contribution in [2.24, 2.45) is 0 Å². The standard InChI is InChI=1S/C10H12S/c11-10(6-7-10)8-9-4-2-1-3-5-9/h1-5,11H,6-8H2. The van der Waals surface area contributed by atoms with Gasteiger partial charge in [-0.2, -0.15) is 12.6 Å². The summed E-state index contributed by atoms with van der Waals surface area (Å²) in [5.41, 5.74) is 1.42. The van der Waals surface area contributed by atoms with Crippen molar-refractivity contribution in [3.63, 3.8) is 0 Å². The summed E-state index contributed by atoms with van der Waals surface area (Å²) in [5.74, 6) is 0. The second-order valence-electron chi connectivity index (χ2n) is 3.39. The number of hydrogen-bond acceptors (Lipinski definition) is 1. The largest absolute Gasteiger partial charge is 0.172 e. The van der Waals surface area contributed by atoms with E-state index in [0.29, 0.717) is 4.75 Å². The molecule has 0 aliphatic heterocycles. The first-order valence-electron chi connectivity index (χ1n) is 4.05. The Morgan fingerprint density at radius 1 is 1.18 bits per heavy atom. The molecule has 0 amide bonds. The van der Waals surface area contributed by atoms with E-state index >= 15 is 0 Å². The maximum atomic E-state index is 4.58. The SMILES string of the molecule is SC1(Cc2ccccc2)CC1. The highest BCUT2D eigenvalue weighted by molar-refractivity contribution is 7.82. The lowest BCUT2D eigenvalue weighted by Crippen LogP contribution is -2.02. The second kappa shape index (κ2) is 2.56. The highest BCUT2D eigenvalue weighted by Gasteiger charge is 2.38. The van der Waals surface area contributed by atoms with Crippen molar-refractivity contribution in [1.29, 1.82) is 0 Å². The molecule has 0 heterocycles. The summed E-state index contributed by atoms with van der Waals surface area (Å²) < 4.78 is 0.349. The molecule has 0 unspecified atom stereocenters. The van der Waals surface area contributed by atoms with Crippen LogP contribution in [0.2, 0.25) is 0 Å². The molecule has 1 aromatic rings. The van der Waals surface area contributed by atoms with Crippen molar-refractivity contribution in [1.82, 2.24) is 0 Å². The van der Waals surface area contributed by atoms with Crippen molar-refractivity contribution < 1.29 is 0 Å². The molecule has 1 heteroatoms. The third-order valence-electron chi connectivity index (χ3n) is 2.20. The van der Waals surface area contributed by atoms with Gasteiger partial charge in [-0.15, -0.1) is 0 Å². The van der Waals surface area contributed by atoms with Crippen LogP contribution in [0.3, 0.4) is 0 Å². The molecule has 0 atom stereocenters. The smallest absolute Gasteiger partial charge is 0.0171 e. The van der Waals surface area contributed by atoms with Gasteiger partial charge in [-0.25, -0.2) is 0 Å². The number of benzene rings is 1. The minimum absolute atomic E-state index is 0.349. The Balaban J connectivity index is 2.07. The molecule has 0 nitrogen and oxygen atoms in total. The maximum absolute atomic E-state index is 4.58. The fraction of sp³-hybridized carbons (Fsp3) is 0.400. The summed E-state index contributed by atoms with van der Waals surface area (Å²) in [7, 11) is 0. The summed E-state index contributed by atoms with van der Waals surface area (Å²) in [6, 6.07) is 10.6. The predicted molar refractivity (Wildman–Crippen MR) is 51.1 cm³/mol. The molecule has 11 heavy (non-hydrogen) atoms. The van der Waals surface area contributed by atoms with Crippen LogP contribution in [-0.2, 0) is 6.42 Å². The van der Waals surface area contributed by atoms with E-state index in [0.717, 1.165) is 6.42 Å². The molecule has 1 aliphatic carbocycles. The van der Waals surface area contributed by atoms with E-state index in [1.165, 1.54) is 18.4 Å². The lowest BCUT2D eigenvalue weighted by molar-refractivity contribution is 0.896. The molecule has 58 valence electrons. The molecule has 1 aliphatic rings. The molecule has 0 N–H and O–H groups in total. The zero-order chi connectivity index (χ0) is 7.73. The summed E-state index contributed by atoms with van der Waals surface area (Å²) in [5, 5.41) is 0. The second-order valence-corrected chi connectivity index (χ2v) is 4.34. The first-order chi connectivity index (χ1) is 5.29. The summed E-state index contributed by atoms with van der Waals surface area (Å²) in [4.78, 5) is 0. The summed E-state index contributed by atoms with van der Waals surface area (Å²) >= 11 is 4.58. The molecule has 2 rings (SSSR count). The fourth-order valence-electron chi connectivity index (χ4n) is 1.30. The predicted octanol–water partition coefficient (Wildman–Crippen LogP) is 2.69. The van der Waals surface area contributed by atoms with Crippen LogP contribution in [0.15, 0.2) is 30.3 Å². The minimum atomic E-state index is 0.349. The van der Waals surface area contributed by atoms with Gasteiger partial charge in [-0.3, -0.25) is 0 Å². The summed E-state index contributed by atoms with van der Waals surface area (Å²) in [6.45, 7) is 0. The summed E-state index contributed by atoms with van der Waals surface area (Å²) in [6.07, 6.45) is 3.70.